The maximum absolute atomic E-state index is 11.8. The van der Waals surface area contributed by atoms with Crippen molar-refractivity contribution < 1.29 is 9.53 Å². The van der Waals surface area contributed by atoms with Crippen LogP contribution in [0.5, 0.6) is 0 Å². The predicted molar refractivity (Wildman–Crippen MR) is 78.9 cm³/mol. The normalized spacial score (nSPS) is 16.8. The van der Waals surface area contributed by atoms with Crippen LogP contribution < -0.4 is 0 Å². The van der Waals surface area contributed by atoms with E-state index in [9.17, 15) is 4.79 Å². The van der Waals surface area contributed by atoms with Crippen molar-refractivity contribution in [2.75, 3.05) is 13.1 Å². The lowest BCUT2D eigenvalue weighted by atomic mass is 9.90. The smallest absolute Gasteiger partial charge is 0.410 e. The second-order valence-electron chi connectivity index (χ2n) is 5.86. The Kier molecular flexibility index (Phi) is 5.15. The molecule has 0 N–H and O–H groups in total. The number of hydrogen-bond donors (Lipinski definition) is 0. The van der Waals surface area contributed by atoms with Crippen LogP contribution in [-0.2, 0) is 4.74 Å². The van der Waals surface area contributed by atoms with Gasteiger partial charge in [-0.2, -0.15) is 5.26 Å². The monoisotopic (exact) mass is 274 g/mol. The van der Waals surface area contributed by atoms with Crippen LogP contribution in [0.4, 0.5) is 4.79 Å². The van der Waals surface area contributed by atoms with Gasteiger partial charge in [-0.3, -0.25) is 0 Å². The van der Waals surface area contributed by atoms with Gasteiger partial charge in [0.2, 0.25) is 0 Å². The highest BCUT2D eigenvalue weighted by Gasteiger charge is 2.34. The number of rotatable bonds is 3. The Morgan fingerprint density at radius 2 is 2.05 bits per heavy atom. The van der Waals surface area contributed by atoms with Crippen molar-refractivity contribution in [3.8, 4) is 6.07 Å². The van der Waals surface area contributed by atoms with Gasteiger partial charge in [-0.05, 0) is 39.3 Å². The summed E-state index contributed by atoms with van der Waals surface area (Å²) in [6, 6.07) is 2.01. The van der Waals surface area contributed by atoms with E-state index >= 15 is 0 Å². The maximum atomic E-state index is 11.8. The molecule has 1 saturated heterocycles. The van der Waals surface area contributed by atoms with Crippen LogP contribution in [0, 0.1) is 17.2 Å². The van der Waals surface area contributed by atoms with E-state index in [1.807, 2.05) is 45.9 Å². The number of hydrogen-bond acceptors (Lipinski definition) is 3. The minimum Gasteiger partial charge on any atom is -0.444 e. The van der Waals surface area contributed by atoms with E-state index in [1.54, 1.807) is 11.0 Å². The summed E-state index contributed by atoms with van der Waals surface area (Å²) in [4.78, 5) is 13.5. The Hall–Kier alpha value is -2.02. The van der Waals surface area contributed by atoms with Crippen molar-refractivity contribution in [1.29, 1.82) is 5.26 Å². The average Bonchev–Trinajstić information content (AvgIpc) is 2.24. The van der Waals surface area contributed by atoms with Gasteiger partial charge in [0.25, 0.3) is 0 Å². The molecule has 20 heavy (non-hydrogen) atoms. The molecule has 1 aliphatic rings. The third-order valence-corrected chi connectivity index (χ3v) is 2.85. The lowest BCUT2D eigenvalue weighted by Crippen LogP contribution is -2.52. The van der Waals surface area contributed by atoms with Gasteiger partial charge >= 0.3 is 6.09 Å². The summed E-state index contributed by atoms with van der Waals surface area (Å²) >= 11 is 0. The number of carbonyl (C=O) groups is 1. The minimum atomic E-state index is -0.473. The molecule has 0 radical (unpaired) electrons. The fourth-order valence-corrected chi connectivity index (χ4v) is 1.89. The van der Waals surface area contributed by atoms with Crippen LogP contribution in [0.15, 0.2) is 36.0 Å². The number of allylic oxidation sites excluding steroid dienone is 4. The summed E-state index contributed by atoms with van der Waals surface area (Å²) in [6.07, 6.45) is 5.37. The van der Waals surface area contributed by atoms with Gasteiger partial charge in [0, 0.05) is 24.6 Å². The number of nitrogens with zero attached hydrogens (tertiary/aromatic N) is 2. The number of amides is 1. The van der Waals surface area contributed by atoms with Gasteiger partial charge in [-0.15, -0.1) is 0 Å². The van der Waals surface area contributed by atoms with Gasteiger partial charge in [-0.1, -0.05) is 18.7 Å². The quantitative estimate of drug-likeness (QED) is 0.585. The summed E-state index contributed by atoms with van der Waals surface area (Å²) < 4.78 is 5.31. The largest absolute Gasteiger partial charge is 0.444 e. The SMILES string of the molecule is C=C(C#N)/C=C(\C=C/C)C1CN(C(=O)OC(C)(C)C)C1. The standard InChI is InChI=1S/C16H22N2O2/c1-6-7-13(8-12(2)9-17)14-10-18(11-14)15(19)20-16(3,4)5/h6-8,14H,2,10-11H2,1,3-5H3/b7-6-,13-8+. The molecule has 0 aliphatic carbocycles. The summed E-state index contributed by atoms with van der Waals surface area (Å²) in [5, 5.41) is 8.79. The zero-order valence-electron chi connectivity index (χ0n) is 12.6. The van der Waals surface area contributed by atoms with Gasteiger partial charge in [0.15, 0.2) is 0 Å². The minimum absolute atomic E-state index is 0.240. The molecule has 0 aromatic heterocycles. The third kappa shape index (κ3) is 4.58. The number of ether oxygens (including phenoxy) is 1. The summed E-state index contributed by atoms with van der Waals surface area (Å²) in [5.74, 6) is 0.240. The van der Waals surface area contributed by atoms with Crippen LogP contribution in [0.1, 0.15) is 27.7 Å². The first-order chi connectivity index (χ1) is 9.26. The van der Waals surface area contributed by atoms with Crippen molar-refractivity contribution in [3.05, 3.63) is 36.0 Å². The van der Waals surface area contributed by atoms with E-state index in [-0.39, 0.29) is 12.0 Å². The third-order valence-electron chi connectivity index (χ3n) is 2.85. The van der Waals surface area contributed by atoms with Crippen molar-refractivity contribution in [1.82, 2.24) is 4.90 Å². The van der Waals surface area contributed by atoms with Crippen LogP contribution in [0.2, 0.25) is 0 Å². The van der Waals surface area contributed by atoms with E-state index in [2.05, 4.69) is 6.58 Å². The fraction of sp³-hybridized carbons (Fsp3) is 0.500. The molecule has 0 unspecified atom stereocenters. The number of likely N-dealkylation sites (tertiary alicyclic amines) is 1. The Morgan fingerprint density at radius 1 is 1.45 bits per heavy atom. The molecule has 1 amide bonds. The molecule has 4 nitrogen and oxygen atoms in total. The molecule has 108 valence electrons. The molecule has 0 atom stereocenters. The molecular formula is C16H22N2O2. The molecule has 0 aromatic carbocycles. The first-order valence-corrected chi connectivity index (χ1v) is 6.68. The van der Waals surface area contributed by atoms with E-state index in [0.29, 0.717) is 18.7 Å². The second kappa shape index (κ2) is 6.42. The van der Waals surface area contributed by atoms with Crippen LogP contribution in [0.3, 0.4) is 0 Å². The van der Waals surface area contributed by atoms with Crippen LogP contribution in [-0.4, -0.2) is 29.7 Å². The topological polar surface area (TPSA) is 53.3 Å². The average molecular weight is 274 g/mol. The highest BCUT2D eigenvalue weighted by Crippen LogP contribution is 2.27. The molecule has 1 rings (SSSR count). The fourth-order valence-electron chi connectivity index (χ4n) is 1.89. The highest BCUT2D eigenvalue weighted by atomic mass is 16.6. The summed E-state index contributed by atoms with van der Waals surface area (Å²) in [7, 11) is 0. The highest BCUT2D eigenvalue weighted by molar-refractivity contribution is 5.69. The first kappa shape index (κ1) is 16.0. The number of carbonyl (C=O) groups excluding carboxylic acids is 1. The van der Waals surface area contributed by atoms with Crippen LogP contribution in [0.25, 0.3) is 0 Å². The van der Waals surface area contributed by atoms with Gasteiger partial charge in [-0.25, -0.2) is 4.79 Å². The van der Waals surface area contributed by atoms with Crippen LogP contribution >= 0.6 is 0 Å². The molecular weight excluding hydrogens is 252 g/mol. The van der Waals surface area contributed by atoms with Gasteiger partial charge in [0.1, 0.15) is 5.60 Å². The number of nitriles is 1. The zero-order valence-corrected chi connectivity index (χ0v) is 12.6. The van der Waals surface area contributed by atoms with Gasteiger partial charge in [0.05, 0.1) is 6.07 Å². The molecule has 0 saturated carbocycles. The van der Waals surface area contributed by atoms with E-state index < -0.39 is 5.60 Å². The predicted octanol–water partition coefficient (Wildman–Crippen LogP) is 3.44. The van der Waals surface area contributed by atoms with Gasteiger partial charge < -0.3 is 9.64 Å². The molecule has 1 aliphatic heterocycles. The Balaban J connectivity index is 2.62. The van der Waals surface area contributed by atoms with Crippen molar-refractivity contribution in [2.45, 2.75) is 33.3 Å². The Bertz CT molecular complexity index is 484. The molecule has 1 heterocycles. The molecule has 0 spiro atoms. The Labute approximate surface area is 121 Å². The molecule has 4 heteroatoms. The summed E-state index contributed by atoms with van der Waals surface area (Å²) in [6.45, 7) is 12.4. The molecule has 1 fully saturated rings. The van der Waals surface area contributed by atoms with E-state index in [0.717, 1.165) is 5.57 Å². The van der Waals surface area contributed by atoms with Crippen molar-refractivity contribution in [2.24, 2.45) is 5.92 Å². The van der Waals surface area contributed by atoms with Crippen molar-refractivity contribution in [3.63, 3.8) is 0 Å². The first-order valence-electron chi connectivity index (χ1n) is 6.68. The second-order valence-corrected chi connectivity index (χ2v) is 5.86. The van der Waals surface area contributed by atoms with E-state index in [4.69, 9.17) is 10.00 Å². The molecule has 0 bridgehead atoms. The summed E-state index contributed by atoms with van der Waals surface area (Å²) in [5.41, 5.74) is 0.979. The lowest BCUT2D eigenvalue weighted by Gasteiger charge is -2.40. The lowest BCUT2D eigenvalue weighted by molar-refractivity contribution is 0.00405. The Morgan fingerprint density at radius 3 is 2.50 bits per heavy atom. The zero-order chi connectivity index (χ0) is 15.3. The van der Waals surface area contributed by atoms with E-state index in [1.165, 1.54) is 0 Å². The molecule has 0 aromatic rings. The van der Waals surface area contributed by atoms with Crippen molar-refractivity contribution >= 4 is 6.09 Å². The maximum Gasteiger partial charge on any atom is 0.410 e.